The van der Waals surface area contributed by atoms with E-state index < -0.39 is 152 Å². The number of hydrogen-bond donors (Lipinski definition) is 14. The number of nitrogens with zero attached hydrogens (tertiary/aromatic N) is 7. The van der Waals surface area contributed by atoms with Crippen LogP contribution in [0.15, 0.2) is 91.0 Å². The van der Waals surface area contributed by atoms with Gasteiger partial charge in [-0.05, 0) is 105 Å². The molecular weight excluding hydrogens is 1300 g/mol. The van der Waals surface area contributed by atoms with Crippen molar-refractivity contribution in [3.8, 4) is 32.6 Å². The number of phenols is 1. The van der Waals surface area contributed by atoms with Crippen molar-refractivity contribution >= 4 is 64.1 Å². The van der Waals surface area contributed by atoms with Crippen LogP contribution in [0.5, 0.6) is 11.5 Å². The van der Waals surface area contributed by atoms with Crippen LogP contribution in [0, 0.1) is 5.92 Å². The van der Waals surface area contributed by atoms with Crippen molar-refractivity contribution in [3.05, 3.63) is 108 Å². The van der Waals surface area contributed by atoms with Crippen LogP contribution < -0.4 is 52.6 Å². The van der Waals surface area contributed by atoms with Gasteiger partial charge in [0.15, 0.2) is 11.5 Å². The lowest BCUT2D eigenvalue weighted by Gasteiger charge is -2.36. The van der Waals surface area contributed by atoms with Gasteiger partial charge < -0.3 is 103 Å². The average molecular weight is 1390 g/mol. The second-order valence-corrected chi connectivity index (χ2v) is 26.9. The molecule has 6 heterocycles. The van der Waals surface area contributed by atoms with Gasteiger partial charge in [0.05, 0.1) is 56.4 Å². The molecule has 31 heteroatoms. The van der Waals surface area contributed by atoms with Gasteiger partial charge >= 0.3 is 0 Å². The summed E-state index contributed by atoms with van der Waals surface area (Å²) in [6, 6.07) is 16.3. The molecule has 0 radical (unpaired) electrons. The molecule has 10 rings (SSSR count). The number of benzene rings is 4. The second kappa shape index (κ2) is 33.6. The minimum atomic E-state index is -2.04. The number of nitrogens with two attached hydrogens (primary N) is 2. The number of ether oxygens (including phenoxy) is 2. The van der Waals surface area contributed by atoms with Crippen molar-refractivity contribution in [1.29, 1.82) is 0 Å². The SMILES string of the molecule is C[C@@H](O)[C@@H]1NC(=O)[C@@H](NC(=O)c2ccc(-c3nnc(-c4ccc(N5CCN(Cc6ccc(N7CCOCC7)cc6)CC5)cc4)s3)cc2)C[C@@H](O)CNC(=O)[C@@H]2[C@@H](O)[C@@H](C)CN2C(=O)[C@H]([C@H](O)CCN)NC(=O)[C@H]([C@H](O)Cc2ccc(O)c(OCCCN)c2)NC(=O)[C@@H]2C[C@@H](O)CN2C1=O. The molecule has 7 amide bonds. The van der Waals surface area contributed by atoms with Crippen molar-refractivity contribution < 1.29 is 78.8 Å². The highest BCUT2D eigenvalue weighted by Gasteiger charge is 2.50. The molecule has 5 aliphatic heterocycles. The van der Waals surface area contributed by atoms with Crippen LogP contribution in [0.3, 0.4) is 0 Å². The average Bonchev–Trinajstić information content (AvgIpc) is 1.66. The number of aromatic hydroxyl groups is 1. The van der Waals surface area contributed by atoms with E-state index in [1.54, 1.807) is 19.1 Å². The van der Waals surface area contributed by atoms with Crippen LogP contribution >= 0.6 is 11.3 Å². The lowest BCUT2D eigenvalue weighted by Crippen LogP contribution is -2.64. The molecule has 5 aliphatic rings. The van der Waals surface area contributed by atoms with Gasteiger partial charge in [-0.15, -0.1) is 10.2 Å². The Labute approximate surface area is 576 Å². The van der Waals surface area contributed by atoms with Gasteiger partial charge in [-0.1, -0.05) is 48.6 Å². The maximum absolute atomic E-state index is 14.8. The quantitative estimate of drug-likeness (QED) is 0.0389. The third-order valence-electron chi connectivity index (χ3n) is 18.7. The summed E-state index contributed by atoms with van der Waals surface area (Å²) >= 11 is 1.34. The molecule has 0 saturated carbocycles. The highest BCUT2D eigenvalue weighted by Crippen LogP contribution is 2.33. The Balaban J connectivity index is 0.848. The number of morpholine rings is 1. The summed E-state index contributed by atoms with van der Waals surface area (Å²) < 4.78 is 11.2. The number of nitrogens with one attached hydrogen (secondary N) is 5. The Morgan fingerprint density at radius 2 is 1.29 bits per heavy atom. The van der Waals surface area contributed by atoms with Crippen LogP contribution in [-0.4, -0.2) is 267 Å². The first-order valence-corrected chi connectivity index (χ1v) is 34.4. The van der Waals surface area contributed by atoms with Gasteiger partial charge in [-0.25, -0.2) is 0 Å². The van der Waals surface area contributed by atoms with E-state index in [0.29, 0.717) is 22.0 Å². The summed E-state index contributed by atoms with van der Waals surface area (Å²) in [5, 5.41) is 102. The minimum Gasteiger partial charge on any atom is -0.504 e. The number of aliphatic hydroxyl groups is 6. The lowest BCUT2D eigenvalue weighted by atomic mass is 9.98. The maximum Gasteiger partial charge on any atom is 0.251 e. The van der Waals surface area contributed by atoms with Crippen LogP contribution in [0.25, 0.3) is 21.1 Å². The van der Waals surface area contributed by atoms with Crippen LogP contribution in [0.2, 0.25) is 0 Å². The van der Waals surface area contributed by atoms with Crippen LogP contribution in [-0.2, 0) is 46.5 Å². The Bertz CT molecular complexity index is 3600. The number of rotatable bonds is 19. The summed E-state index contributed by atoms with van der Waals surface area (Å²) in [4.78, 5) is 111. The first kappa shape index (κ1) is 73.3. The Hall–Kier alpha value is -8.47. The molecule has 0 bridgehead atoms. The first-order chi connectivity index (χ1) is 47.6. The predicted molar refractivity (Wildman–Crippen MR) is 364 cm³/mol. The van der Waals surface area contributed by atoms with E-state index in [1.165, 1.54) is 52.9 Å². The second-order valence-electron chi connectivity index (χ2n) is 25.9. The fourth-order valence-electron chi connectivity index (χ4n) is 13.0. The number of carbonyl (C=O) groups is 7. The van der Waals surface area contributed by atoms with Gasteiger partial charge in [0, 0.05) is 119 Å². The molecule has 5 saturated heterocycles. The Kier molecular flexibility index (Phi) is 24.9. The number of fused-ring (bicyclic) bond motifs is 2. The minimum absolute atomic E-state index is 0.00394. The standard InChI is InChI=1S/C68H90N14O16S/c1-38-35-82-58(59(38)89)64(94)71-34-47(84)32-49(72-60(90)42-7-9-43(10-8-42)65-76-77-66(99-65)44-11-15-46(16-12-44)79-23-21-78(22-24-79)36-40-4-13-45(14-5-40)80-25-28-97-29-26-80)61(91)73-55(39(2)83)67(95)81-37-48(85)33-50(81)62(92)74-56(63(93)75-57(68(82)96)52(87)18-20-70)53(88)30-41-6-17-51(86)54(31-41)98-27-3-19-69/h4-17,31,38-39,47-50,52-53,55-59,83-89H,3,18-30,32-37,69-70H2,1-2H3,(H,71,94)(H,72,90)(H,73,91)(H,74,92)(H,75,93)/t38-,39+,47+,48+,49-,50-,52+,53+,55-,56-,57-,58-,59-/m0/s1. The molecule has 5 fully saturated rings. The molecule has 30 nitrogen and oxygen atoms in total. The number of β-amino-alcohol motifs (C(OH)–C–C–N with tert-alkyl or cyclic N) is 1. The van der Waals surface area contributed by atoms with E-state index in [0.717, 1.165) is 87.0 Å². The lowest BCUT2D eigenvalue weighted by molar-refractivity contribution is -0.147. The van der Waals surface area contributed by atoms with Crippen LogP contribution in [0.4, 0.5) is 11.4 Å². The number of amides is 7. The van der Waals surface area contributed by atoms with Gasteiger partial charge in [0.1, 0.15) is 46.3 Å². The van der Waals surface area contributed by atoms with Crippen molar-refractivity contribution in [3.63, 3.8) is 0 Å². The van der Waals surface area contributed by atoms with Gasteiger partial charge in [0.25, 0.3) is 5.91 Å². The zero-order chi connectivity index (χ0) is 70.6. The van der Waals surface area contributed by atoms with Gasteiger partial charge in [-0.2, -0.15) is 0 Å². The fourth-order valence-corrected chi connectivity index (χ4v) is 13.9. The Morgan fingerprint density at radius 1 is 0.687 bits per heavy atom. The third kappa shape index (κ3) is 18.1. The maximum atomic E-state index is 14.8. The Morgan fingerprint density at radius 3 is 1.94 bits per heavy atom. The third-order valence-corrected chi connectivity index (χ3v) is 19.7. The topological polar surface area (TPSA) is 434 Å². The molecule has 5 aromatic rings. The highest BCUT2D eigenvalue weighted by molar-refractivity contribution is 7.17. The normalized spacial score (nSPS) is 25.9. The number of hydrogen-bond acceptors (Lipinski definition) is 24. The summed E-state index contributed by atoms with van der Waals surface area (Å²) in [7, 11) is 0. The van der Waals surface area contributed by atoms with E-state index in [-0.39, 0.29) is 55.3 Å². The summed E-state index contributed by atoms with van der Waals surface area (Å²) in [6.45, 7) is 9.16. The molecular formula is C68H90N14O16S. The van der Waals surface area contributed by atoms with E-state index in [4.69, 9.17) is 20.9 Å². The highest BCUT2D eigenvalue weighted by atomic mass is 32.1. The van der Waals surface area contributed by atoms with Crippen molar-refractivity contribution in [2.24, 2.45) is 17.4 Å². The molecule has 0 unspecified atom stereocenters. The number of carbonyl (C=O) groups excluding carboxylic acids is 7. The van der Waals surface area contributed by atoms with Crippen LogP contribution in [0.1, 0.15) is 61.0 Å². The molecule has 0 aliphatic carbocycles. The number of aliphatic hydroxyl groups excluding tert-OH is 6. The largest absolute Gasteiger partial charge is 0.504 e. The summed E-state index contributed by atoms with van der Waals surface area (Å²) in [5.74, 6) is -8.58. The first-order valence-electron chi connectivity index (χ1n) is 33.5. The van der Waals surface area contributed by atoms with E-state index in [1.807, 2.05) is 12.1 Å². The zero-order valence-electron chi connectivity index (χ0n) is 55.3. The fraction of sp³-hybridized carbons (Fsp3) is 0.515. The summed E-state index contributed by atoms with van der Waals surface area (Å²) in [5.41, 5.74) is 16.8. The smallest absolute Gasteiger partial charge is 0.251 e. The van der Waals surface area contributed by atoms with Gasteiger partial charge in [0.2, 0.25) is 35.4 Å². The van der Waals surface area contributed by atoms with Crippen molar-refractivity contribution in [2.75, 3.05) is 102 Å². The number of anilines is 2. The zero-order valence-corrected chi connectivity index (χ0v) is 56.1. The molecule has 16 N–H and O–H groups in total. The predicted octanol–water partition coefficient (Wildman–Crippen LogP) is -2.24. The number of aromatic nitrogens is 2. The molecule has 534 valence electrons. The number of phenolic OH excluding ortho intramolecular Hbond substituents is 1. The molecule has 99 heavy (non-hydrogen) atoms. The van der Waals surface area contributed by atoms with Crippen molar-refractivity contribution in [2.45, 2.75) is 125 Å². The number of piperazine rings is 1. The van der Waals surface area contributed by atoms with E-state index >= 15 is 0 Å². The monoisotopic (exact) mass is 1390 g/mol. The summed E-state index contributed by atoms with van der Waals surface area (Å²) in [6.07, 6.45) is -11.4. The van der Waals surface area contributed by atoms with E-state index in [2.05, 4.69) is 87.9 Å². The molecule has 1 aromatic heterocycles. The molecule has 0 spiro atoms. The van der Waals surface area contributed by atoms with E-state index in [9.17, 15) is 69.3 Å². The molecule has 4 aromatic carbocycles. The van der Waals surface area contributed by atoms with Gasteiger partial charge in [-0.3, -0.25) is 38.5 Å². The van der Waals surface area contributed by atoms with Crippen molar-refractivity contribution in [1.82, 2.24) is 51.5 Å². The molecule has 13 atom stereocenters.